The number of nitrogens with zero attached hydrogens (tertiary/aromatic N) is 2. The van der Waals surface area contributed by atoms with Crippen LogP contribution in [0.2, 0.25) is 0 Å². The van der Waals surface area contributed by atoms with E-state index in [-0.39, 0.29) is 27.9 Å². The van der Waals surface area contributed by atoms with Crippen LogP contribution in [0.1, 0.15) is 117 Å². The monoisotopic (exact) mass is 626 g/mol. The van der Waals surface area contributed by atoms with Gasteiger partial charge < -0.3 is 10.7 Å². The summed E-state index contributed by atoms with van der Waals surface area (Å²) in [5.41, 5.74) is 7.53. The summed E-state index contributed by atoms with van der Waals surface area (Å²) >= 11 is 1.40. The van der Waals surface area contributed by atoms with E-state index in [2.05, 4.69) is 85.5 Å². The minimum absolute atomic E-state index is 0.0299. The quantitative estimate of drug-likeness (QED) is 0.0810. The fourth-order valence-electron chi connectivity index (χ4n) is 5.45. The van der Waals surface area contributed by atoms with Gasteiger partial charge in [-0.1, -0.05) is 95.3 Å². The van der Waals surface area contributed by atoms with Crippen LogP contribution in [0.15, 0.2) is 36.0 Å². The molecular weight excluding hydrogens is 569 g/mol. The number of allylic oxidation sites excluding steroid dienone is 2. The molecule has 0 amide bonds. The molecule has 0 saturated carbocycles. The maximum atomic E-state index is 15.6. The van der Waals surface area contributed by atoms with Crippen LogP contribution < -0.4 is 5.32 Å². The fraction of sp³-hybridized carbons (Fsp3) is 0.600. The molecule has 8 heteroatoms. The second kappa shape index (κ2) is 18.4. The van der Waals surface area contributed by atoms with Gasteiger partial charge in [-0.05, 0) is 97.4 Å². The normalized spacial score (nSPS) is 15.4. The van der Waals surface area contributed by atoms with E-state index in [4.69, 9.17) is 13.4 Å². The van der Waals surface area contributed by atoms with Crippen molar-refractivity contribution in [2.75, 3.05) is 6.54 Å². The number of pyridine rings is 1. The molecule has 238 valence electrons. The first kappa shape index (κ1) is 39.5. The highest BCUT2D eigenvalue weighted by Gasteiger charge is 2.28. The van der Waals surface area contributed by atoms with Crippen molar-refractivity contribution in [3.8, 4) is 11.1 Å². The summed E-state index contributed by atoms with van der Waals surface area (Å²) < 4.78 is 17.1. The number of halogens is 1. The van der Waals surface area contributed by atoms with E-state index in [0.717, 1.165) is 59.2 Å². The van der Waals surface area contributed by atoms with Gasteiger partial charge in [0.2, 0.25) is 7.98 Å². The average Bonchev–Trinajstić information content (AvgIpc) is 2.95. The molecule has 4 nitrogen and oxygen atoms in total. The zero-order valence-electron chi connectivity index (χ0n) is 28.7. The first-order valence-corrected chi connectivity index (χ1v) is 17.3. The molecule has 2 aromatic rings. The highest BCUT2D eigenvalue weighted by molar-refractivity contribution is 8.01. The van der Waals surface area contributed by atoms with Gasteiger partial charge in [0, 0.05) is 36.1 Å². The number of nitrogens with one attached hydrogen (secondary N) is 2. The molecule has 2 N–H and O–H groups in total. The molecule has 0 bridgehead atoms. The highest BCUT2D eigenvalue weighted by atomic mass is 32.2. The molecule has 2 radical (unpaired) electrons. The van der Waals surface area contributed by atoms with E-state index in [0.29, 0.717) is 13.0 Å². The van der Waals surface area contributed by atoms with Crippen molar-refractivity contribution in [3.63, 3.8) is 0 Å². The lowest BCUT2D eigenvalue weighted by Gasteiger charge is -2.30. The smallest absolute Gasteiger partial charge is 0.205 e. The Bertz CT molecular complexity index is 1190. The van der Waals surface area contributed by atoms with Crippen LogP contribution >= 0.6 is 21.3 Å². The van der Waals surface area contributed by atoms with Gasteiger partial charge in [0.25, 0.3) is 0 Å². The Morgan fingerprint density at radius 3 is 2.42 bits per heavy atom. The summed E-state index contributed by atoms with van der Waals surface area (Å²) in [6.45, 7) is 24.0. The van der Waals surface area contributed by atoms with Gasteiger partial charge in [-0.3, -0.25) is 8.97 Å². The predicted octanol–water partition coefficient (Wildman–Crippen LogP) is 9.67. The van der Waals surface area contributed by atoms with Crippen LogP contribution in [0.25, 0.3) is 11.1 Å². The van der Waals surface area contributed by atoms with Crippen molar-refractivity contribution in [1.29, 1.82) is 5.41 Å². The van der Waals surface area contributed by atoms with Gasteiger partial charge in [0.05, 0.1) is 5.25 Å². The molecule has 0 saturated heterocycles. The van der Waals surface area contributed by atoms with E-state index in [9.17, 15) is 0 Å². The summed E-state index contributed by atoms with van der Waals surface area (Å²) in [7, 11) is 8.12. The van der Waals surface area contributed by atoms with Crippen molar-refractivity contribution >= 4 is 35.5 Å². The molecule has 1 aromatic heterocycles. The Balaban J connectivity index is 0.00000221. The second-order valence-electron chi connectivity index (χ2n) is 12.6. The van der Waals surface area contributed by atoms with Gasteiger partial charge in [0.15, 0.2) is 0 Å². The van der Waals surface area contributed by atoms with Crippen molar-refractivity contribution in [2.24, 2.45) is 5.41 Å². The van der Waals surface area contributed by atoms with Crippen molar-refractivity contribution in [1.82, 2.24) is 14.3 Å². The summed E-state index contributed by atoms with van der Waals surface area (Å²) in [4.78, 5) is 4.69. The van der Waals surface area contributed by atoms with Gasteiger partial charge in [-0.15, -0.1) is 0 Å². The lowest BCUT2D eigenvalue weighted by molar-refractivity contribution is 0.368. The van der Waals surface area contributed by atoms with E-state index >= 15 is 4.39 Å². The molecule has 1 aliphatic rings. The molecule has 43 heavy (non-hydrogen) atoms. The lowest BCUT2D eigenvalue weighted by Crippen LogP contribution is -2.43. The number of fused-ring (bicyclic) bond motifs is 1. The van der Waals surface area contributed by atoms with Crippen LogP contribution in [0.3, 0.4) is 0 Å². The number of hydrogen-bond donors (Lipinski definition) is 2. The molecule has 3 atom stereocenters. The first-order valence-electron chi connectivity index (χ1n) is 15.9. The van der Waals surface area contributed by atoms with Crippen LogP contribution in [0.4, 0.5) is 4.39 Å². The molecule has 0 spiro atoms. The molecule has 3 unspecified atom stereocenters. The summed E-state index contributed by atoms with van der Waals surface area (Å²) in [6.07, 6.45) is 9.78. The third kappa shape index (κ3) is 12.4. The molecule has 1 aliphatic carbocycles. The van der Waals surface area contributed by atoms with Gasteiger partial charge in [0.1, 0.15) is 5.82 Å². The number of aryl methyl sites for hydroxylation is 2. The average molecular weight is 627 g/mol. The molecule has 0 aliphatic heterocycles. The minimum atomic E-state index is -0.133. The molecule has 3 rings (SSSR count). The Morgan fingerprint density at radius 2 is 1.86 bits per heavy atom. The SMILES string of the molecule is CC.CC.[B]N(P)SC(C=N)CNC(C)(C)CCc1cc(-c2cc(CC)c(F)c3c2CC(CC(C)(C)C)=CC3C)ccn1. The Hall–Kier alpha value is -1.53. The Morgan fingerprint density at radius 1 is 1.21 bits per heavy atom. The summed E-state index contributed by atoms with van der Waals surface area (Å²) in [5.74, 6) is 0.0304. The van der Waals surface area contributed by atoms with Crippen LogP contribution in [-0.2, 0) is 19.3 Å². The summed E-state index contributed by atoms with van der Waals surface area (Å²) in [6, 6.07) is 6.33. The number of hydrogen-bond acceptors (Lipinski definition) is 5. The standard InChI is InChI=1S/C31H45BFN4PS.2C2H6/c1-8-22-16-26(27-14-21(17-30(3,4)5)13-20(2)28(27)29(22)33)23-10-12-35-24(15-23)9-11-31(6,7)36-19-25(18-34)39-37(32)38;2*1-2/h10,12-13,15-16,18,20,25,34,36H,8-9,11,14,17,19,38H2,1-7H3;2*1-2H3. The first-order chi connectivity index (χ1) is 20.2. The van der Waals surface area contributed by atoms with E-state index in [1.165, 1.54) is 27.7 Å². The molecule has 1 aromatic carbocycles. The Kier molecular flexibility index (Phi) is 16.9. The largest absolute Gasteiger partial charge is 0.312 e. The zero-order valence-corrected chi connectivity index (χ0v) is 30.7. The highest BCUT2D eigenvalue weighted by Crippen LogP contribution is 2.42. The Labute approximate surface area is 271 Å². The predicted molar refractivity (Wildman–Crippen MR) is 194 cm³/mol. The van der Waals surface area contributed by atoms with Gasteiger partial charge in [-0.25, -0.2) is 4.39 Å². The second-order valence-corrected chi connectivity index (χ2v) is 14.8. The third-order valence-electron chi connectivity index (χ3n) is 7.33. The van der Waals surface area contributed by atoms with E-state index < -0.39 is 0 Å². The molecule has 0 fully saturated rings. The van der Waals surface area contributed by atoms with Crippen molar-refractivity contribution < 1.29 is 4.39 Å². The van der Waals surface area contributed by atoms with Crippen LogP contribution in [-0.4, -0.2) is 40.5 Å². The topological polar surface area (TPSA) is 52.0 Å². The van der Waals surface area contributed by atoms with E-state index in [1.807, 2.05) is 40.8 Å². The van der Waals surface area contributed by atoms with Crippen LogP contribution in [0, 0.1) is 16.6 Å². The maximum Gasteiger partial charge on any atom is 0.205 e. The van der Waals surface area contributed by atoms with Gasteiger partial charge in [-0.2, -0.15) is 0 Å². The number of aromatic nitrogens is 1. The molecular formula is C35H57BFN4PS. The fourth-order valence-corrected chi connectivity index (χ4v) is 6.45. The summed E-state index contributed by atoms with van der Waals surface area (Å²) in [5, 5.41) is 11.2. The van der Waals surface area contributed by atoms with E-state index in [1.54, 1.807) is 0 Å². The van der Waals surface area contributed by atoms with Gasteiger partial charge >= 0.3 is 0 Å². The molecule has 1 heterocycles. The van der Waals surface area contributed by atoms with Crippen molar-refractivity contribution in [3.05, 3.63) is 64.2 Å². The van der Waals surface area contributed by atoms with Crippen molar-refractivity contribution in [2.45, 2.75) is 125 Å². The number of benzene rings is 1. The van der Waals surface area contributed by atoms with Crippen LogP contribution in [0.5, 0.6) is 0 Å². The maximum absolute atomic E-state index is 15.6. The minimum Gasteiger partial charge on any atom is -0.312 e. The lowest BCUT2D eigenvalue weighted by atomic mass is 9.75. The number of rotatable bonds is 12. The zero-order chi connectivity index (χ0) is 33.0. The third-order valence-corrected chi connectivity index (χ3v) is 8.51.